The van der Waals surface area contributed by atoms with Crippen LogP contribution in [0.1, 0.15) is 36.3 Å². The molecule has 0 spiro atoms. The van der Waals surface area contributed by atoms with Crippen molar-refractivity contribution in [2.75, 3.05) is 26.2 Å². The summed E-state index contributed by atoms with van der Waals surface area (Å²) < 4.78 is 7.28. The van der Waals surface area contributed by atoms with Gasteiger partial charge in [0, 0.05) is 5.56 Å². The van der Waals surface area contributed by atoms with Gasteiger partial charge in [0.05, 0.1) is 16.8 Å². The molecule has 140 valence electrons. The zero-order valence-corrected chi connectivity index (χ0v) is 16.5. The molecule has 1 aromatic heterocycles. The molecule has 0 N–H and O–H groups in total. The molecule has 0 radical (unpaired) electrons. The van der Waals surface area contributed by atoms with Gasteiger partial charge in [-0.1, -0.05) is 30.3 Å². The molecular formula is C23H26N2OS. The maximum Gasteiger partial charge on any atom is 0.126 e. The Morgan fingerprint density at radius 1 is 0.963 bits per heavy atom. The molecule has 2 heterocycles. The monoisotopic (exact) mass is 378 g/mol. The summed E-state index contributed by atoms with van der Waals surface area (Å²) in [4.78, 5) is 7.23. The lowest BCUT2D eigenvalue weighted by atomic mass is 10.2. The van der Waals surface area contributed by atoms with Gasteiger partial charge in [-0.2, -0.15) is 0 Å². The first-order valence-electron chi connectivity index (χ1n) is 9.86. The lowest BCUT2D eigenvalue weighted by molar-refractivity contribution is 0.279. The lowest BCUT2D eigenvalue weighted by Gasteiger charge is -2.14. The first-order chi connectivity index (χ1) is 13.4. The number of nitrogens with zero attached hydrogens (tertiary/aromatic N) is 2. The number of para-hydroxylation sites is 2. The van der Waals surface area contributed by atoms with Crippen molar-refractivity contribution in [3.8, 4) is 5.75 Å². The van der Waals surface area contributed by atoms with Crippen LogP contribution in [0, 0.1) is 0 Å². The van der Waals surface area contributed by atoms with Crippen LogP contribution in [0.3, 0.4) is 0 Å². The molecule has 27 heavy (non-hydrogen) atoms. The second-order valence-corrected chi connectivity index (χ2v) is 8.06. The van der Waals surface area contributed by atoms with Crippen LogP contribution in [0.25, 0.3) is 22.4 Å². The Labute approximate surface area is 165 Å². The fraction of sp³-hybridized carbons (Fsp3) is 0.348. The van der Waals surface area contributed by atoms with Gasteiger partial charge in [0.1, 0.15) is 10.8 Å². The van der Waals surface area contributed by atoms with E-state index in [2.05, 4.69) is 58.4 Å². The first-order valence-corrected chi connectivity index (χ1v) is 10.7. The smallest absolute Gasteiger partial charge is 0.126 e. The third-order valence-corrected chi connectivity index (χ3v) is 5.96. The van der Waals surface area contributed by atoms with Crippen LogP contribution in [0.5, 0.6) is 5.75 Å². The highest BCUT2D eigenvalue weighted by Crippen LogP contribution is 2.25. The molecule has 1 aliphatic rings. The lowest BCUT2D eigenvalue weighted by Crippen LogP contribution is -2.20. The molecule has 0 aliphatic carbocycles. The Bertz CT molecular complexity index is 863. The zero-order valence-electron chi connectivity index (χ0n) is 15.6. The van der Waals surface area contributed by atoms with Crippen LogP contribution < -0.4 is 4.74 Å². The van der Waals surface area contributed by atoms with Crippen molar-refractivity contribution >= 4 is 33.7 Å². The molecule has 1 aliphatic heterocycles. The number of ether oxygens (including phenoxy) is 1. The standard InChI is InChI=1S/C23H26N2OS/c1-3-11-21(26-18-8-7-17-25-15-5-6-16-25)19(9-1)13-14-23-24-20-10-2-4-12-22(20)27-23/h1-4,9-14H,5-8,15-18H2. The average Bonchev–Trinajstić information content (AvgIpc) is 3.36. The van der Waals surface area contributed by atoms with E-state index in [1.54, 1.807) is 11.3 Å². The molecule has 0 atom stereocenters. The number of hydrogen-bond acceptors (Lipinski definition) is 4. The van der Waals surface area contributed by atoms with Crippen LogP contribution in [-0.2, 0) is 0 Å². The SMILES string of the molecule is C(=Cc1ccccc1OCCCCN1CCCC1)c1nc2ccccc2s1. The molecule has 3 nitrogen and oxygen atoms in total. The molecular weight excluding hydrogens is 352 g/mol. The molecule has 4 heteroatoms. The van der Waals surface area contributed by atoms with Gasteiger partial charge in [0.15, 0.2) is 0 Å². The largest absolute Gasteiger partial charge is 0.493 e. The van der Waals surface area contributed by atoms with Crippen LogP contribution in [0.15, 0.2) is 48.5 Å². The maximum absolute atomic E-state index is 6.06. The van der Waals surface area contributed by atoms with E-state index in [1.807, 2.05) is 12.1 Å². The minimum absolute atomic E-state index is 0.778. The summed E-state index contributed by atoms with van der Waals surface area (Å²) >= 11 is 1.72. The summed E-state index contributed by atoms with van der Waals surface area (Å²) in [7, 11) is 0. The van der Waals surface area contributed by atoms with E-state index in [-0.39, 0.29) is 0 Å². The third kappa shape index (κ3) is 4.96. The molecule has 0 bridgehead atoms. The molecule has 0 saturated carbocycles. The second-order valence-electron chi connectivity index (χ2n) is 7.00. The third-order valence-electron chi connectivity index (χ3n) is 4.96. The second kappa shape index (κ2) is 9.16. The van der Waals surface area contributed by atoms with Crippen molar-refractivity contribution in [2.45, 2.75) is 25.7 Å². The summed E-state index contributed by atoms with van der Waals surface area (Å²) in [5, 5.41) is 1.02. The Hall–Kier alpha value is -2.17. The zero-order chi connectivity index (χ0) is 18.3. The van der Waals surface area contributed by atoms with E-state index in [1.165, 1.54) is 43.6 Å². The molecule has 4 rings (SSSR count). The number of thiazole rings is 1. The minimum Gasteiger partial charge on any atom is -0.493 e. The molecule has 3 aromatic rings. The normalized spacial score (nSPS) is 15.1. The minimum atomic E-state index is 0.778. The maximum atomic E-state index is 6.06. The Morgan fingerprint density at radius 2 is 1.78 bits per heavy atom. The van der Waals surface area contributed by atoms with Crippen molar-refractivity contribution in [2.24, 2.45) is 0 Å². The molecule has 1 fully saturated rings. The first kappa shape index (κ1) is 18.2. The number of likely N-dealkylation sites (tertiary alicyclic amines) is 1. The van der Waals surface area contributed by atoms with Crippen LogP contribution >= 0.6 is 11.3 Å². The van der Waals surface area contributed by atoms with Crippen LogP contribution in [0.2, 0.25) is 0 Å². The van der Waals surface area contributed by atoms with Crippen molar-refractivity contribution < 1.29 is 4.74 Å². The van der Waals surface area contributed by atoms with Crippen molar-refractivity contribution in [1.29, 1.82) is 0 Å². The fourth-order valence-electron chi connectivity index (χ4n) is 3.50. The molecule has 2 aromatic carbocycles. The van der Waals surface area contributed by atoms with Gasteiger partial charge in [0.2, 0.25) is 0 Å². The van der Waals surface area contributed by atoms with E-state index in [4.69, 9.17) is 4.74 Å². The Kier molecular flexibility index (Phi) is 6.17. The van der Waals surface area contributed by atoms with Gasteiger partial charge in [-0.3, -0.25) is 0 Å². The van der Waals surface area contributed by atoms with Gasteiger partial charge in [-0.05, 0) is 75.7 Å². The molecule has 0 amide bonds. The summed E-state index contributed by atoms with van der Waals surface area (Å²) in [5.74, 6) is 0.955. The van der Waals surface area contributed by atoms with Crippen LogP contribution in [-0.4, -0.2) is 36.1 Å². The van der Waals surface area contributed by atoms with Gasteiger partial charge >= 0.3 is 0 Å². The highest BCUT2D eigenvalue weighted by Gasteiger charge is 2.10. The highest BCUT2D eigenvalue weighted by atomic mass is 32.1. The van der Waals surface area contributed by atoms with Crippen LogP contribution in [0.4, 0.5) is 0 Å². The Morgan fingerprint density at radius 3 is 2.67 bits per heavy atom. The summed E-state index contributed by atoms with van der Waals surface area (Å²) in [6.07, 6.45) is 9.24. The predicted molar refractivity (Wildman–Crippen MR) is 115 cm³/mol. The molecule has 1 saturated heterocycles. The number of fused-ring (bicyclic) bond motifs is 1. The van der Waals surface area contributed by atoms with Crippen molar-refractivity contribution in [3.63, 3.8) is 0 Å². The number of aromatic nitrogens is 1. The van der Waals surface area contributed by atoms with E-state index in [9.17, 15) is 0 Å². The number of hydrogen-bond donors (Lipinski definition) is 0. The van der Waals surface area contributed by atoms with E-state index >= 15 is 0 Å². The Balaban J connectivity index is 1.33. The quantitative estimate of drug-likeness (QED) is 0.469. The van der Waals surface area contributed by atoms with Gasteiger partial charge in [0.25, 0.3) is 0 Å². The number of rotatable bonds is 8. The molecule has 0 unspecified atom stereocenters. The average molecular weight is 379 g/mol. The van der Waals surface area contributed by atoms with Gasteiger partial charge < -0.3 is 9.64 Å². The summed E-state index contributed by atoms with van der Waals surface area (Å²) in [6.45, 7) is 4.54. The number of unbranched alkanes of at least 4 members (excludes halogenated alkanes) is 1. The topological polar surface area (TPSA) is 25.4 Å². The van der Waals surface area contributed by atoms with Gasteiger partial charge in [-0.25, -0.2) is 4.98 Å². The van der Waals surface area contributed by atoms with Crippen molar-refractivity contribution in [1.82, 2.24) is 9.88 Å². The predicted octanol–water partition coefficient (Wildman–Crippen LogP) is 5.72. The van der Waals surface area contributed by atoms with E-state index in [0.717, 1.165) is 34.9 Å². The number of benzene rings is 2. The van der Waals surface area contributed by atoms with Crippen molar-refractivity contribution in [3.05, 3.63) is 59.1 Å². The van der Waals surface area contributed by atoms with E-state index in [0.29, 0.717) is 0 Å². The van der Waals surface area contributed by atoms with E-state index < -0.39 is 0 Å². The summed E-state index contributed by atoms with van der Waals surface area (Å²) in [6, 6.07) is 16.5. The highest BCUT2D eigenvalue weighted by molar-refractivity contribution is 7.19. The fourth-order valence-corrected chi connectivity index (χ4v) is 4.37. The summed E-state index contributed by atoms with van der Waals surface area (Å²) in [5.41, 5.74) is 2.17. The van der Waals surface area contributed by atoms with Gasteiger partial charge in [-0.15, -0.1) is 11.3 Å².